The Hall–Kier alpha value is -3.69. The third kappa shape index (κ3) is 8.12. The van der Waals surface area contributed by atoms with E-state index in [1.807, 2.05) is 79.0 Å². The Morgan fingerprint density at radius 1 is 1.08 bits per heavy atom. The molecule has 4 aromatic rings. The number of carbonyl (C=O) groups excluding carboxylic acids is 2. The fourth-order valence-corrected chi connectivity index (χ4v) is 7.75. The molecule has 6 rings (SSSR count). The van der Waals surface area contributed by atoms with Gasteiger partial charge in [0.2, 0.25) is 5.91 Å². The molecule has 0 bridgehead atoms. The van der Waals surface area contributed by atoms with Crippen LogP contribution < -0.4 is 0 Å². The van der Waals surface area contributed by atoms with Gasteiger partial charge in [-0.3, -0.25) is 14.7 Å². The number of aromatic nitrogens is 3. The van der Waals surface area contributed by atoms with E-state index in [0.29, 0.717) is 37.5 Å². The lowest BCUT2D eigenvalue weighted by molar-refractivity contribution is -0.139. The molecular weight excluding hydrogens is 690 g/mol. The Morgan fingerprint density at radius 3 is 2.62 bits per heavy atom. The predicted octanol–water partition coefficient (Wildman–Crippen LogP) is 8.06. The largest absolute Gasteiger partial charge is 0.444 e. The number of halogens is 2. The van der Waals surface area contributed by atoms with Gasteiger partial charge in [-0.05, 0) is 115 Å². The van der Waals surface area contributed by atoms with E-state index < -0.39 is 17.7 Å². The number of fused-ring (bicyclic) bond motifs is 2. The molecule has 2 unspecified atom stereocenters. The van der Waals surface area contributed by atoms with Crippen LogP contribution in [0.2, 0.25) is 5.02 Å². The lowest BCUT2D eigenvalue weighted by atomic mass is 9.74. The van der Waals surface area contributed by atoms with E-state index in [1.54, 1.807) is 17.4 Å². The molecule has 1 saturated heterocycles. The van der Waals surface area contributed by atoms with E-state index in [9.17, 15) is 9.59 Å². The van der Waals surface area contributed by atoms with Gasteiger partial charge in [-0.1, -0.05) is 48.0 Å². The van der Waals surface area contributed by atoms with Crippen molar-refractivity contribution < 1.29 is 14.3 Å². The molecule has 8 nitrogen and oxygen atoms in total. The minimum Gasteiger partial charge on any atom is -0.444 e. The molecule has 1 aliphatic heterocycles. The lowest BCUT2D eigenvalue weighted by Gasteiger charge is -2.43. The highest BCUT2D eigenvalue weighted by molar-refractivity contribution is 9.10. The number of aryl methyl sites for hydroxylation is 3. The molecule has 2 aromatic carbocycles. The summed E-state index contributed by atoms with van der Waals surface area (Å²) in [5, 5.41) is 0.715. The van der Waals surface area contributed by atoms with Crippen molar-refractivity contribution in [3.63, 3.8) is 0 Å². The summed E-state index contributed by atoms with van der Waals surface area (Å²) in [6.07, 6.45) is 10.6. The number of hydrogen-bond donors (Lipinski definition) is 0. The Kier molecular flexibility index (Phi) is 10.6. The Labute approximate surface area is 296 Å². The zero-order chi connectivity index (χ0) is 33.8. The maximum Gasteiger partial charge on any atom is 0.410 e. The molecule has 3 atom stereocenters. The second-order valence-electron chi connectivity index (χ2n) is 13.9. The summed E-state index contributed by atoms with van der Waals surface area (Å²) < 4.78 is 8.87. The molecule has 1 aliphatic carbocycles. The third-order valence-corrected chi connectivity index (χ3v) is 9.99. The van der Waals surface area contributed by atoms with Gasteiger partial charge in [-0.25, -0.2) is 9.78 Å². The summed E-state index contributed by atoms with van der Waals surface area (Å²) in [6.45, 7) is 7.73. The maximum absolute atomic E-state index is 14.9. The summed E-state index contributed by atoms with van der Waals surface area (Å²) in [7, 11) is 0. The first-order valence-electron chi connectivity index (χ1n) is 16.8. The number of carbonyl (C=O) groups is 2. The van der Waals surface area contributed by atoms with Gasteiger partial charge in [-0.2, -0.15) is 0 Å². The average molecular weight is 733 g/mol. The monoisotopic (exact) mass is 731 g/mol. The van der Waals surface area contributed by atoms with Crippen molar-refractivity contribution in [3.8, 4) is 0 Å². The number of ether oxygens (including phenoxy) is 1. The minimum atomic E-state index is -0.689. The second-order valence-corrected chi connectivity index (χ2v) is 15.2. The van der Waals surface area contributed by atoms with Crippen molar-refractivity contribution in [2.45, 2.75) is 83.5 Å². The first-order chi connectivity index (χ1) is 23.1. The summed E-state index contributed by atoms with van der Waals surface area (Å²) in [4.78, 5) is 41.4. The molecule has 1 fully saturated rings. The number of likely N-dealkylation sites (tertiary alicyclic amines) is 1. The fraction of sp³-hybridized carbons (Fsp3) is 0.421. The number of rotatable bonds is 8. The number of imidazole rings is 1. The lowest BCUT2D eigenvalue weighted by Crippen LogP contribution is -2.56. The molecule has 3 heterocycles. The van der Waals surface area contributed by atoms with Gasteiger partial charge in [0.05, 0.1) is 12.0 Å². The second kappa shape index (κ2) is 14.8. The molecular formula is C38H43BrClN5O3. The molecule has 252 valence electrons. The van der Waals surface area contributed by atoms with Gasteiger partial charge in [0.25, 0.3) is 0 Å². The van der Waals surface area contributed by atoms with Crippen LogP contribution in [-0.4, -0.2) is 61.1 Å². The van der Waals surface area contributed by atoms with E-state index in [4.69, 9.17) is 21.3 Å². The van der Waals surface area contributed by atoms with Gasteiger partial charge in [0.15, 0.2) is 0 Å². The summed E-state index contributed by atoms with van der Waals surface area (Å²) >= 11 is 10.1. The normalized spacial score (nSPS) is 19.2. The number of pyridine rings is 1. The van der Waals surface area contributed by atoms with E-state index in [-0.39, 0.29) is 17.7 Å². The molecule has 0 radical (unpaired) electrons. The van der Waals surface area contributed by atoms with E-state index in [0.717, 1.165) is 41.5 Å². The van der Waals surface area contributed by atoms with Crippen molar-refractivity contribution in [2.75, 3.05) is 13.1 Å². The Morgan fingerprint density at radius 2 is 1.88 bits per heavy atom. The smallest absolute Gasteiger partial charge is 0.410 e. The highest BCUT2D eigenvalue weighted by atomic mass is 79.9. The first-order valence-corrected chi connectivity index (χ1v) is 17.9. The van der Waals surface area contributed by atoms with Gasteiger partial charge < -0.3 is 14.2 Å². The fourth-order valence-electron chi connectivity index (χ4n) is 7.17. The van der Waals surface area contributed by atoms with Crippen LogP contribution >= 0.6 is 27.5 Å². The van der Waals surface area contributed by atoms with Crippen LogP contribution in [0, 0.1) is 5.92 Å². The molecule has 0 saturated carbocycles. The Bertz CT molecular complexity index is 1670. The van der Waals surface area contributed by atoms with Crippen molar-refractivity contribution >= 4 is 39.5 Å². The van der Waals surface area contributed by atoms with Crippen molar-refractivity contribution in [3.05, 3.63) is 117 Å². The molecule has 0 N–H and O–H groups in total. The van der Waals surface area contributed by atoms with E-state index in [2.05, 4.69) is 39.1 Å². The van der Waals surface area contributed by atoms with Crippen LogP contribution in [0.1, 0.15) is 73.9 Å². The molecule has 2 aromatic heterocycles. The van der Waals surface area contributed by atoms with Crippen LogP contribution in [0.15, 0.2) is 84.0 Å². The molecule has 0 spiro atoms. The number of amides is 2. The molecule has 10 heteroatoms. The van der Waals surface area contributed by atoms with Crippen LogP contribution in [0.4, 0.5) is 4.79 Å². The first kappa shape index (κ1) is 34.2. The predicted molar refractivity (Wildman–Crippen MR) is 191 cm³/mol. The average Bonchev–Trinajstić information content (AvgIpc) is 3.52. The number of hydrogen-bond acceptors (Lipinski definition) is 5. The highest BCUT2D eigenvalue weighted by Crippen LogP contribution is 2.45. The van der Waals surface area contributed by atoms with Gasteiger partial charge in [-0.15, -0.1) is 0 Å². The van der Waals surface area contributed by atoms with Crippen molar-refractivity contribution in [2.24, 2.45) is 5.92 Å². The van der Waals surface area contributed by atoms with Gasteiger partial charge in [0.1, 0.15) is 11.6 Å². The summed E-state index contributed by atoms with van der Waals surface area (Å²) in [5.74, 6) is -0.0376. The van der Waals surface area contributed by atoms with Crippen molar-refractivity contribution in [1.29, 1.82) is 0 Å². The van der Waals surface area contributed by atoms with E-state index in [1.165, 1.54) is 16.7 Å². The van der Waals surface area contributed by atoms with Crippen LogP contribution in [0.25, 0.3) is 0 Å². The summed E-state index contributed by atoms with van der Waals surface area (Å²) in [5.41, 5.74) is 5.02. The topological polar surface area (TPSA) is 80.6 Å². The number of nitrogens with zero attached hydrogens (tertiary/aromatic N) is 5. The molecule has 2 aliphatic rings. The van der Waals surface area contributed by atoms with Crippen molar-refractivity contribution in [1.82, 2.24) is 24.3 Å². The molecule has 2 amide bonds. The number of piperidine rings is 1. The Balaban J connectivity index is 1.36. The van der Waals surface area contributed by atoms with Gasteiger partial charge >= 0.3 is 6.09 Å². The zero-order valence-electron chi connectivity index (χ0n) is 27.8. The highest BCUT2D eigenvalue weighted by Gasteiger charge is 2.44. The SMILES string of the molecule is CC(C)(C)OC(=O)N1CCC([C@@H]2c3ccc(Cl)cc3CCc3cc(Br)cnc32)CC1C(=O)N(CCCn1ccnc1)Cc1ccccc1. The quantitative estimate of drug-likeness (QED) is 0.183. The maximum atomic E-state index is 14.9. The van der Waals surface area contributed by atoms with E-state index >= 15 is 0 Å². The summed E-state index contributed by atoms with van der Waals surface area (Å²) in [6, 6.07) is 17.7. The third-order valence-electron chi connectivity index (χ3n) is 9.33. The minimum absolute atomic E-state index is 0.0391. The van der Waals surface area contributed by atoms with Gasteiger partial charge in [0, 0.05) is 60.2 Å². The number of benzene rings is 2. The van der Waals surface area contributed by atoms with Crippen LogP contribution in [-0.2, 0) is 35.5 Å². The van der Waals surface area contributed by atoms with Crippen LogP contribution in [0.5, 0.6) is 0 Å². The molecule has 48 heavy (non-hydrogen) atoms. The van der Waals surface area contributed by atoms with Crippen LogP contribution in [0.3, 0.4) is 0 Å². The zero-order valence-corrected chi connectivity index (χ0v) is 30.2. The standard InChI is InChI=1S/C38H43BrClN5O3/c1-38(2,3)48-37(47)45-18-14-28(34-32-13-12-31(40)21-27(32)10-11-29-20-30(39)23-42-35(29)34)22-33(45)36(46)44(24-26-8-5-4-6-9-26)17-7-16-43-19-15-41-25-43/h4-6,8-9,12-13,15,19-21,23,25,28,33-34H,7,10-11,14,16-18,22,24H2,1-3H3/t28?,33?,34-/m1/s1.